The summed E-state index contributed by atoms with van der Waals surface area (Å²) in [6.07, 6.45) is 2.11. The second kappa shape index (κ2) is 4.21. The highest BCUT2D eigenvalue weighted by atomic mass is 79.9. The van der Waals surface area contributed by atoms with Crippen LogP contribution in [0.25, 0.3) is 0 Å². The summed E-state index contributed by atoms with van der Waals surface area (Å²) >= 11 is 3.41. The van der Waals surface area contributed by atoms with Gasteiger partial charge in [-0.15, -0.1) is 0 Å². The number of halogens is 1. The molecule has 3 nitrogen and oxygen atoms in total. The maximum absolute atomic E-state index is 9.94. The van der Waals surface area contributed by atoms with Crippen LogP contribution in [-0.2, 0) is 0 Å². The van der Waals surface area contributed by atoms with Gasteiger partial charge in [-0.05, 0) is 31.5 Å². The molecule has 0 amide bonds. The molecule has 0 bridgehead atoms. The summed E-state index contributed by atoms with van der Waals surface area (Å²) in [6, 6.07) is 5.58. The molecule has 1 fully saturated rings. The highest BCUT2D eigenvalue weighted by Crippen LogP contribution is 2.37. The van der Waals surface area contributed by atoms with Crippen molar-refractivity contribution >= 4 is 15.9 Å². The van der Waals surface area contributed by atoms with E-state index in [1.165, 1.54) is 0 Å². The van der Waals surface area contributed by atoms with Gasteiger partial charge in [0.15, 0.2) is 0 Å². The smallest absolute Gasteiger partial charge is 0.139 e. The fraction of sp³-hybridized carbons (Fsp3) is 0.364. The van der Waals surface area contributed by atoms with Crippen LogP contribution in [0.3, 0.4) is 0 Å². The van der Waals surface area contributed by atoms with E-state index in [4.69, 9.17) is 5.26 Å². The van der Waals surface area contributed by atoms with E-state index in [2.05, 4.69) is 21.2 Å². The molecule has 1 aliphatic rings. The van der Waals surface area contributed by atoms with Gasteiger partial charge in [0.1, 0.15) is 11.8 Å². The van der Waals surface area contributed by atoms with Crippen LogP contribution in [0.15, 0.2) is 16.6 Å². The van der Waals surface area contributed by atoms with Crippen LogP contribution in [0.5, 0.6) is 5.75 Å². The SMILES string of the molecule is N#Cc1ccc(Br)c([C@H]2CCCN2)c1O. The third kappa shape index (κ3) is 1.85. The number of phenols is 1. The van der Waals surface area contributed by atoms with Gasteiger partial charge in [0.25, 0.3) is 0 Å². The first-order chi connectivity index (χ1) is 7.24. The van der Waals surface area contributed by atoms with Gasteiger partial charge in [-0.25, -0.2) is 0 Å². The lowest BCUT2D eigenvalue weighted by Gasteiger charge is -2.15. The molecule has 1 heterocycles. The molecular formula is C11H11BrN2O. The molecule has 1 saturated heterocycles. The molecule has 2 N–H and O–H groups in total. The summed E-state index contributed by atoms with van der Waals surface area (Å²) in [7, 11) is 0. The molecule has 0 unspecified atom stereocenters. The van der Waals surface area contributed by atoms with Gasteiger partial charge >= 0.3 is 0 Å². The van der Waals surface area contributed by atoms with Crippen LogP contribution in [0.4, 0.5) is 0 Å². The summed E-state index contributed by atoms with van der Waals surface area (Å²) in [5.74, 6) is 0.103. The van der Waals surface area contributed by atoms with Crippen molar-refractivity contribution in [3.63, 3.8) is 0 Å². The Morgan fingerprint density at radius 1 is 1.53 bits per heavy atom. The number of nitrogens with zero attached hydrogens (tertiary/aromatic N) is 1. The Morgan fingerprint density at radius 3 is 2.93 bits per heavy atom. The predicted octanol–water partition coefficient (Wildman–Crippen LogP) is 2.45. The molecule has 0 aromatic heterocycles. The highest BCUT2D eigenvalue weighted by molar-refractivity contribution is 9.10. The summed E-state index contributed by atoms with van der Waals surface area (Å²) < 4.78 is 0.860. The lowest BCUT2D eigenvalue weighted by Crippen LogP contribution is -2.13. The zero-order valence-electron chi connectivity index (χ0n) is 8.13. The molecule has 2 rings (SSSR count). The van der Waals surface area contributed by atoms with E-state index >= 15 is 0 Å². The van der Waals surface area contributed by atoms with Gasteiger partial charge in [-0.1, -0.05) is 15.9 Å². The molecule has 0 radical (unpaired) electrons. The van der Waals surface area contributed by atoms with Gasteiger partial charge in [0, 0.05) is 16.1 Å². The van der Waals surface area contributed by atoms with Crippen LogP contribution in [0.2, 0.25) is 0 Å². The molecule has 1 aromatic carbocycles. The number of aromatic hydroxyl groups is 1. The van der Waals surface area contributed by atoms with Gasteiger partial charge in [0.2, 0.25) is 0 Å². The van der Waals surface area contributed by atoms with E-state index in [-0.39, 0.29) is 11.8 Å². The monoisotopic (exact) mass is 266 g/mol. The maximum Gasteiger partial charge on any atom is 0.139 e. The molecule has 4 heteroatoms. The van der Waals surface area contributed by atoms with Gasteiger partial charge < -0.3 is 10.4 Å². The molecule has 1 atom stereocenters. The van der Waals surface area contributed by atoms with E-state index in [0.29, 0.717) is 5.56 Å². The topological polar surface area (TPSA) is 56.0 Å². The number of nitriles is 1. The van der Waals surface area contributed by atoms with Crippen molar-refractivity contribution in [3.8, 4) is 11.8 Å². The zero-order chi connectivity index (χ0) is 10.8. The standard InChI is InChI=1S/C11H11BrN2O/c12-8-4-3-7(6-13)11(15)10(8)9-2-1-5-14-9/h3-4,9,14-15H,1-2,5H2/t9-/m1/s1. The van der Waals surface area contributed by atoms with E-state index in [1.807, 2.05) is 12.1 Å². The van der Waals surface area contributed by atoms with Crippen LogP contribution in [0.1, 0.15) is 30.0 Å². The lowest BCUT2D eigenvalue weighted by molar-refractivity contribution is 0.454. The Morgan fingerprint density at radius 2 is 2.33 bits per heavy atom. The predicted molar refractivity (Wildman–Crippen MR) is 60.5 cm³/mol. The Labute approximate surface area is 96.9 Å². The Kier molecular flexibility index (Phi) is 2.94. The molecule has 1 aliphatic heterocycles. The van der Waals surface area contributed by atoms with Crippen molar-refractivity contribution in [1.29, 1.82) is 5.26 Å². The van der Waals surface area contributed by atoms with Crippen molar-refractivity contribution in [2.24, 2.45) is 0 Å². The van der Waals surface area contributed by atoms with Crippen LogP contribution < -0.4 is 5.32 Å². The Bertz CT molecular complexity index is 419. The van der Waals surface area contributed by atoms with Crippen LogP contribution in [-0.4, -0.2) is 11.7 Å². The summed E-state index contributed by atoms with van der Waals surface area (Å²) in [4.78, 5) is 0. The first kappa shape index (κ1) is 10.5. The second-order valence-electron chi connectivity index (χ2n) is 3.62. The second-order valence-corrected chi connectivity index (χ2v) is 4.47. The number of phenolic OH excluding ortho intramolecular Hbond substituents is 1. The summed E-state index contributed by atoms with van der Waals surface area (Å²) in [5.41, 5.74) is 1.15. The van der Waals surface area contributed by atoms with Gasteiger partial charge in [0.05, 0.1) is 5.56 Å². The quantitative estimate of drug-likeness (QED) is 0.821. The molecule has 0 saturated carbocycles. The Balaban J connectivity index is 2.49. The van der Waals surface area contributed by atoms with Crippen molar-refractivity contribution in [3.05, 3.63) is 27.7 Å². The van der Waals surface area contributed by atoms with Crippen LogP contribution in [0, 0.1) is 11.3 Å². The molecule has 0 aliphatic carbocycles. The fourth-order valence-electron chi connectivity index (χ4n) is 1.94. The van der Waals surface area contributed by atoms with Gasteiger partial charge in [-0.3, -0.25) is 0 Å². The number of rotatable bonds is 1. The first-order valence-electron chi connectivity index (χ1n) is 4.89. The molecule has 15 heavy (non-hydrogen) atoms. The van der Waals surface area contributed by atoms with Crippen molar-refractivity contribution < 1.29 is 5.11 Å². The average molecular weight is 267 g/mol. The minimum absolute atomic E-state index is 0.103. The van der Waals surface area contributed by atoms with Crippen molar-refractivity contribution in [2.75, 3.05) is 6.54 Å². The average Bonchev–Trinajstić information content (AvgIpc) is 2.71. The van der Waals surface area contributed by atoms with Gasteiger partial charge in [-0.2, -0.15) is 5.26 Å². The maximum atomic E-state index is 9.94. The minimum Gasteiger partial charge on any atom is -0.506 e. The van der Waals surface area contributed by atoms with Crippen LogP contribution >= 0.6 is 15.9 Å². The highest BCUT2D eigenvalue weighted by Gasteiger charge is 2.23. The summed E-state index contributed by atoms with van der Waals surface area (Å²) in [6.45, 7) is 0.966. The normalized spacial score (nSPS) is 20.1. The number of hydrogen-bond acceptors (Lipinski definition) is 3. The third-order valence-electron chi connectivity index (χ3n) is 2.69. The third-order valence-corrected chi connectivity index (χ3v) is 3.38. The van der Waals surface area contributed by atoms with E-state index in [1.54, 1.807) is 6.07 Å². The lowest BCUT2D eigenvalue weighted by atomic mass is 10.0. The molecule has 1 aromatic rings. The van der Waals surface area contributed by atoms with Crippen molar-refractivity contribution in [2.45, 2.75) is 18.9 Å². The minimum atomic E-state index is 0.103. The number of benzene rings is 1. The zero-order valence-corrected chi connectivity index (χ0v) is 9.71. The first-order valence-corrected chi connectivity index (χ1v) is 5.68. The Hall–Kier alpha value is -1.05. The van der Waals surface area contributed by atoms with E-state index in [9.17, 15) is 5.11 Å². The van der Waals surface area contributed by atoms with E-state index < -0.39 is 0 Å². The number of nitrogens with one attached hydrogen (secondary N) is 1. The molecule has 78 valence electrons. The number of hydrogen-bond donors (Lipinski definition) is 2. The fourth-order valence-corrected chi connectivity index (χ4v) is 2.53. The summed E-state index contributed by atoms with van der Waals surface area (Å²) in [5, 5.41) is 22.1. The largest absolute Gasteiger partial charge is 0.506 e. The van der Waals surface area contributed by atoms with E-state index in [0.717, 1.165) is 29.4 Å². The van der Waals surface area contributed by atoms with Crippen molar-refractivity contribution in [1.82, 2.24) is 5.32 Å². The molecular weight excluding hydrogens is 256 g/mol. The molecule has 0 spiro atoms.